The number of ether oxygens (including phenoxy) is 2. The molecule has 0 spiro atoms. The first-order valence-corrected chi connectivity index (χ1v) is 7.61. The molecule has 1 aromatic heterocycles. The van der Waals surface area contributed by atoms with E-state index in [2.05, 4.69) is 0 Å². The van der Waals surface area contributed by atoms with E-state index in [9.17, 15) is 9.18 Å². The Bertz CT molecular complexity index is 569. The summed E-state index contributed by atoms with van der Waals surface area (Å²) < 4.78 is 23.6. The first-order valence-electron chi connectivity index (χ1n) is 6.73. The monoisotopic (exact) mass is 308 g/mol. The molecule has 2 aromatic rings. The second-order valence-electron chi connectivity index (χ2n) is 4.65. The van der Waals surface area contributed by atoms with E-state index < -0.39 is 0 Å². The van der Waals surface area contributed by atoms with Crippen LogP contribution in [0.1, 0.15) is 18.2 Å². The summed E-state index contributed by atoms with van der Waals surface area (Å²) in [7, 11) is 0. The maximum Gasteiger partial charge on any atom is 0.306 e. The van der Waals surface area contributed by atoms with Crippen molar-refractivity contribution >= 4 is 17.3 Å². The first kappa shape index (κ1) is 15.5. The molecule has 112 valence electrons. The molecule has 21 heavy (non-hydrogen) atoms. The van der Waals surface area contributed by atoms with Gasteiger partial charge in [0, 0.05) is 10.9 Å². The van der Waals surface area contributed by atoms with Gasteiger partial charge in [0.25, 0.3) is 0 Å². The Kier molecular flexibility index (Phi) is 5.75. The van der Waals surface area contributed by atoms with Gasteiger partial charge in [-0.15, -0.1) is 11.3 Å². The van der Waals surface area contributed by atoms with Crippen LogP contribution in [0.3, 0.4) is 0 Å². The quantitative estimate of drug-likeness (QED) is 0.729. The van der Waals surface area contributed by atoms with Gasteiger partial charge in [0.1, 0.15) is 24.3 Å². The molecular formula is C16H17FO3S. The highest BCUT2D eigenvalue weighted by Crippen LogP contribution is 2.13. The fourth-order valence-corrected chi connectivity index (χ4v) is 2.48. The van der Waals surface area contributed by atoms with Crippen LogP contribution >= 0.6 is 11.3 Å². The highest BCUT2D eigenvalue weighted by atomic mass is 32.1. The van der Waals surface area contributed by atoms with Crippen molar-refractivity contribution in [3.63, 3.8) is 0 Å². The van der Waals surface area contributed by atoms with Gasteiger partial charge in [0.15, 0.2) is 0 Å². The number of benzene rings is 1. The van der Waals surface area contributed by atoms with E-state index in [0.29, 0.717) is 18.6 Å². The molecule has 0 saturated heterocycles. The molecule has 0 saturated carbocycles. The highest BCUT2D eigenvalue weighted by molar-refractivity contribution is 7.09. The van der Waals surface area contributed by atoms with Crippen LogP contribution in [-0.4, -0.2) is 18.7 Å². The Hall–Kier alpha value is -1.88. The minimum atomic E-state index is -0.371. The Balaban J connectivity index is 1.68. The van der Waals surface area contributed by atoms with Crippen molar-refractivity contribution in [2.75, 3.05) is 6.61 Å². The molecule has 5 heteroatoms. The van der Waals surface area contributed by atoms with Gasteiger partial charge in [-0.2, -0.15) is 0 Å². The van der Waals surface area contributed by atoms with Crippen LogP contribution in [0, 0.1) is 5.82 Å². The van der Waals surface area contributed by atoms with Crippen molar-refractivity contribution < 1.29 is 18.7 Å². The van der Waals surface area contributed by atoms with Crippen molar-refractivity contribution in [3.8, 4) is 5.75 Å². The van der Waals surface area contributed by atoms with Gasteiger partial charge in [-0.25, -0.2) is 4.39 Å². The van der Waals surface area contributed by atoms with E-state index in [-0.39, 0.29) is 24.5 Å². The number of rotatable bonds is 7. The lowest BCUT2D eigenvalue weighted by Gasteiger charge is -2.14. The fraction of sp³-hybridized carbons (Fsp3) is 0.312. The van der Waals surface area contributed by atoms with Crippen LogP contribution in [0.2, 0.25) is 0 Å². The number of carbonyl (C=O) groups is 1. The summed E-state index contributed by atoms with van der Waals surface area (Å²) in [5.74, 6) is -0.177. The largest absolute Gasteiger partial charge is 0.490 e. The van der Waals surface area contributed by atoms with E-state index in [1.54, 1.807) is 30.4 Å². The topological polar surface area (TPSA) is 35.5 Å². The van der Waals surface area contributed by atoms with Crippen LogP contribution < -0.4 is 4.74 Å². The highest BCUT2D eigenvalue weighted by Gasteiger charge is 2.11. The third-order valence-corrected chi connectivity index (χ3v) is 3.71. The first-order chi connectivity index (χ1) is 10.1. The zero-order valence-corrected chi connectivity index (χ0v) is 12.6. The Morgan fingerprint density at radius 2 is 2.19 bits per heavy atom. The standard InChI is InChI=1S/C16H17FO3S/c1-12(11-19-14-5-2-4-13(17)10-14)20-16(18)8-7-15-6-3-9-21-15/h2-6,9-10,12H,7-8,11H2,1H3. The Morgan fingerprint density at radius 3 is 2.90 bits per heavy atom. The molecule has 0 aliphatic carbocycles. The number of hydrogen-bond acceptors (Lipinski definition) is 4. The normalized spacial score (nSPS) is 11.9. The molecular weight excluding hydrogens is 291 g/mol. The van der Waals surface area contributed by atoms with Gasteiger partial charge >= 0.3 is 5.97 Å². The molecule has 1 aromatic carbocycles. The lowest BCUT2D eigenvalue weighted by molar-refractivity contribution is -0.149. The molecule has 0 N–H and O–H groups in total. The Labute approximate surface area is 127 Å². The van der Waals surface area contributed by atoms with Gasteiger partial charge in [0.05, 0.1) is 6.42 Å². The second kappa shape index (κ2) is 7.78. The van der Waals surface area contributed by atoms with Crippen LogP contribution in [0.25, 0.3) is 0 Å². The van der Waals surface area contributed by atoms with E-state index in [1.807, 2.05) is 17.5 Å². The van der Waals surface area contributed by atoms with Crippen molar-refractivity contribution in [1.82, 2.24) is 0 Å². The summed E-state index contributed by atoms with van der Waals surface area (Å²) in [6.45, 7) is 1.95. The summed E-state index contributed by atoms with van der Waals surface area (Å²) in [5.41, 5.74) is 0. The lowest BCUT2D eigenvalue weighted by Crippen LogP contribution is -2.22. The van der Waals surface area contributed by atoms with Gasteiger partial charge in [0.2, 0.25) is 0 Å². The average molecular weight is 308 g/mol. The lowest BCUT2D eigenvalue weighted by atomic mass is 10.2. The molecule has 3 nitrogen and oxygen atoms in total. The van der Waals surface area contributed by atoms with Crippen LogP contribution in [0.5, 0.6) is 5.75 Å². The molecule has 0 radical (unpaired) electrons. The summed E-state index contributed by atoms with van der Waals surface area (Å²) in [6, 6.07) is 9.83. The second-order valence-corrected chi connectivity index (χ2v) is 5.68. The van der Waals surface area contributed by atoms with Crippen molar-refractivity contribution in [3.05, 3.63) is 52.5 Å². The number of thiophene rings is 1. The third kappa shape index (κ3) is 5.55. The summed E-state index contributed by atoms with van der Waals surface area (Å²) >= 11 is 1.62. The SMILES string of the molecule is CC(COc1cccc(F)c1)OC(=O)CCc1cccs1. The van der Waals surface area contributed by atoms with E-state index >= 15 is 0 Å². The van der Waals surface area contributed by atoms with Crippen molar-refractivity contribution in [1.29, 1.82) is 0 Å². The molecule has 0 bridgehead atoms. The average Bonchev–Trinajstić information content (AvgIpc) is 2.96. The molecule has 1 unspecified atom stereocenters. The van der Waals surface area contributed by atoms with Gasteiger partial charge < -0.3 is 9.47 Å². The smallest absolute Gasteiger partial charge is 0.306 e. The fourth-order valence-electron chi connectivity index (χ4n) is 1.77. The van der Waals surface area contributed by atoms with Crippen molar-refractivity contribution in [2.45, 2.75) is 25.9 Å². The summed E-state index contributed by atoms with van der Waals surface area (Å²) in [4.78, 5) is 12.8. The zero-order chi connectivity index (χ0) is 15.1. The molecule has 0 fully saturated rings. The van der Waals surface area contributed by atoms with E-state index in [4.69, 9.17) is 9.47 Å². The minimum Gasteiger partial charge on any atom is -0.490 e. The number of esters is 1. The van der Waals surface area contributed by atoms with Gasteiger partial charge in [-0.05, 0) is 36.9 Å². The molecule has 0 aliphatic rings. The summed E-state index contributed by atoms with van der Waals surface area (Å²) in [6.07, 6.45) is 0.669. The van der Waals surface area contributed by atoms with Crippen LogP contribution in [0.4, 0.5) is 4.39 Å². The maximum absolute atomic E-state index is 13.0. The van der Waals surface area contributed by atoms with Crippen molar-refractivity contribution in [2.24, 2.45) is 0 Å². The van der Waals surface area contributed by atoms with E-state index in [1.165, 1.54) is 12.1 Å². The predicted octanol–water partition coefficient (Wildman–Crippen LogP) is 3.83. The number of aryl methyl sites for hydroxylation is 1. The molecule has 1 atom stereocenters. The minimum absolute atomic E-state index is 0.203. The van der Waals surface area contributed by atoms with Gasteiger partial charge in [-0.3, -0.25) is 4.79 Å². The maximum atomic E-state index is 13.0. The number of halogens is 1. The predicted molar refractivity (Wildman–Crippen MR) is 80.1 cm³/mol. The zero-order valence-electron chi connectivity index (χ0n) is 11.8. The number of hydrogen-bond donors (Lipinski definition) is 0. The number of carbonyl (C=O) groups excluding carboxylic acids is 1. The van der Waals surface area contributed by atoms with Crippen LogP contribution in [0.15, 0.2) is 41.8 Å². The molecule has 2 rings (SSSR count). The Morgan fingerprint density at radius 1 is 1.33 bits per heavy atom. The van der Waals surface area contributed by atoms with Crippen LogP contribution in [-0.2, 0) is 16.0 Å². The third-order valence-electron chi connectivity index (χ3n) is 2.77. The van der Waals surface area contributed by atoms with E-state index in [0.717, 1.165) is 4.88 Å². The molecule has 0 amide bonds. The summed E-state index contributed by atoms with van der Waals surface area (Å²) in [5, 5.41) is 1.98. The van der Waals surface area contributed by atoms with Gasteiger partial charge in [-0.1, -0.05) is 12.1 Å². The molecule has 0 aliphatic heterocycles. The molecule has 1 heterocycles.